The number of thioether (sulfide) groups is 1. The van der Waals surface area contributed by atoms with E-state index in [1.165, 1.54) is 10.4 Å². The molecule has 0 unspecified atom stereocenters. The Hall–Kier alpha value is -1.18. The summed E-state index contributed by atoms with van der Waals surface area (Å²) in [5.41, 5.74) is 2.29. The number of rotatable bonds is 3. The minimum Gasteiger partial charge on any atom is -0.301 e. The predicted octanol–water partition coefficient (Wildman–Crippen LogP) is 4.17. The standard InChI is InChI=1S/C16H17N3OS3/c1-8-3-4-11-12(5-8)23-15-13(11)14(20)18-16(19-15)22-7-10-6-21-9(2)17-10/h6,8H,3-5,7H2,1-2H3,(H,18,19,20)/t8-/m1/s1. The minimum absolute atomic E-state index is 0.0130. The lowest BCUT2D eigenvalue weighted by molar-refractivity contribution is 0.509. The second-order valence-electron chi connectivity index (χ2n) is 6.05. The van der Waals surface area contributed by atoms with Crippen LogP contribution >= 0.6 is 34.4 Å². The van der Waals surface area contributed by atoms with Gasteiger partial charge in [-0.2, -0.15) is 0 Å². The number of H-pyrrole nitrogens is 1. The van der Waals surface area contributed by atoms with Crippen LogP contribution in [0.4, 0.5) is 0 Å². The molecule has 0 saturated carbocycles. The Bertz CT molecular complexity index is 924. The molecule has 3 heterocycles. The third-order valence-corrected chi connectivity index (χ3v) is 7.04. The lowest BCUT2D eigenvalue weighted by Gasteiger charge is -2.17. The van der Waals surface area contributed by atoms with Crippen molar-refractivity contribution in [3.05, 3.63) is 36.9 Å². The normalized spacial score (nSPS) is 17.6. The first kappa shape index (κ1) is 15.4. The topological polar surface area (TPSA) is 58.6 Å². The summed E-state index contributed by atoms with van der Waals surface area (Å²) < 4.78 is 0. The number of hydrogen-bond acceptors (Lipinski definition) is 6. The Kier molecular flexibility index (Phi) is 4.03. The van der Waals surface area contributed by atoms with Gasteiger partial charge in [-0.1, -0.05) is 18.7 Å². The minimum atomic E-state index is 0.0130. The maximum Gasteiger partial charge on any atom is 0.260 e. The van der Waals surface area contributed by atoms with E-state index in [0.29, 0.717) is 11.1 Å². The number of nitrogens with zero attached hydrogens (tertiary/aromatic N) is 2. The van der Waals surface area contributed by atoms with Gasteiger partial charge >= 0.3 is 0 Å². The predicted molar refractivity (Wildman–Crippen MR) is 97.8 cm³/mol. The van der Waals surface area contributed by atoms with E-state index in [1.807, 2.05) is 6.92 Å². The summed E-state index contributed by atoms with van der Waals surface area (Å²) in [6, 6.07) is 0. The van der Waals surface area contributed by atoms with Crippen molar-refractivity contribution in [2.45, 2.75) is 44.0 Å². The molecule has 0 bridgehead atoms. The highest BCUT2D eigenvalue weighted by molar-refractivity contribution is 7.98. The van der Waals surface area contributed by atoms with Crippen molar-refractivity contribution >= 4 is 44.7 Å². The monoisotopic (exact) mass is 363 g/mol. The number of nitrogens with one attached hydrogen (secondary N) is 1. The van der Waals surface area contributed by atoms with Crippen molar-refractivity contribution in [2.75, 3.05) is 0 Å². The second kappa shape index (κ2) is 6.03. The number of fused-ring (bicyclic) bond motifs is 3. The van der Waals surface area contributed by atoms with Crippen molar-refractivity contribution in [3.63, 3.8) is 0 Å². The first-order valence-corrected chi connectivity index (χ1v) is 10.4. The fraction of sp³-hybridized carbons (Fsp3) is 0.438. The molecule has 3 aromatic heterocycles. The molecule has 1 aliphatic rings. The molecule has 120 valence electrons. The maximum absolute atomic E-state index is 12.5. The number of hydrogen-bond donors (Lipinski definition) is 1. The molecule has 3 aromatic rings. The van der Waals surface area contributed by atoms with Crippen LogP contribution in [-0.4, -0.2) is 15.0 Å². The van der Waals surface area contributed by atoms with Gasteiger partial charge in [-0.15, -0.1) is 22.7 Å². The smallest absolute Gasteiger partial charge is 0.260 e. The molecule has 0 radical (unpaired) electrons. The molecule has 4 nitrogen and oxygen atoms in total. The van der Waals surface area contributed by atoms with Gasteiger partial charge in [0.05, 0.1) is 16.1 Å². The van der Waals surface area contributed by atoms with Crippen molar-refractivity contribution in [1.82, 2.24) is 15.0 Å². The van der Waals surface area contributed by atoms with Crippen LogP contribution in [0.1, 0.15) is 34.5 Å². The van der Waals surface area contributed by atoms with Crippen LogP contribution in [0, 0.1) is 12.8 Å². The molecule has 0 aliphatic heterocycles. The summed E-state index contributed by atoms with van der Waals surface area (Å²) in [6.07, 6.45) is 3.25. The van der Waals surface area contributed by atoms with Crippen LogP contribution < -0.4 is 5.56 Å². The Balaban J connectivity index is 1.66. The SMILES string of the molecule is Cc1nc(CSc2nc3sc4c(c3c(=O)[nH]2)CC[C@@H](C)C4)cs1. The fourth-order valence-corrected chi connectivity index (χ4v) is 5.93. The summed E-state index contributed by atoms with van der Waals surface area (Å²) in [6.45, 7) is 4.28. The summed E-state index contributed by atoms with van der Waals surface area (Å²) in [5, 5.41) is 4.65. The van der Waals surface area contributed by atoms with E-state index in [9.17, 15) is 4.79 Å². The molecule has 7 heteroatoms. The fourth-order valence-electron chi connectivity index (χ4n) is 3.01. The number of aryl methyl sites for hydroxylation is 2. The zero-order chi connectivity index (χ0) is 16.0. The zero-order valence-electron chi connectivity index (χ0n) is 13.0. The highest BCUT2D eigenvalue weighted by Crippen LogP contribution is 2.36. The summed E-state index contributed by atoms with van der Waals surface area (Å²) in [5.74, 6) is 1.44. The molecule has 0 spiro atoms. The van der Waals surface area contributed by atoms with Gasteiger partial charge in [-0.3, -0.25) is 4.79 Å². The second-order valence-corrected chi connectivity index (χ2v) is 9.16. The van der Waals surface area contributed by atoms with E-state index in [2.05, 4.69) is 27.3 Å². The van der Waals surface area contributed by atoms with Crippen LogP contribution in [0.3, 0.4) is 0 Å². The average molecular weight is 364 g/mol. The largest absolute Gasteiger partial charge is 0.301 e. The van der Waals surface area contributed by atoms with Gasteiger partial charge in [0.15, 0.2) is 5.16 Å². The van der Waals surface area contributed by atoms with Gasteiger partial charge in [-0.05, 0) is 37.7 Å². The Morgan fingerprint density at radius 3 is 3.09 bits per heavy atom. The number of thiazole rings is 1. The van der Waals surface area contributed by atoms with Crippen molar-refractivity contribution in [3.8, 4) is 0 Å². The Morgan fingerprint density at radius 1 is 1.43 bits per heavy atom. The van der Waals surface area contributed by atoms with Crippen molar-refractivity contribution in [2.24, 2.45) is 5.92 Å². The van der Waals surface area contributed by atoms with Crippen LogP contribution in [0.25, 0.3) is 10.2 Å². The number of aromatic nitrogens is 3. The van der Waals surface area contributed by atoms with Gasteiger partial charge in [0.25, 0.3) is 5.56 Å². The Labute approximate surface area is 146 Å². The van der Waals surface area contributed by atoms with Gasteiger partial charge in [0.2, 0.25) is 0 Å². The number of thiophene rings is 1. The molecular formula is C16H17N3OS3. The third kappa shape index (κ3) is 2.97. The van der Waals surface area contributed by atoms with Crippen LogP contribution in [-0.2, 0) is 18.6 Å². The first-order valence-electron chi connectivity index (χ1n) is 7.68. The summed E-state index contributed by atoms with van der Waals surface area (Å²) in [4.78, 5) is 26.9. The highest BCUT2D eigenvalue weighted by Gasteiger charge is 2.23. The average Bonchev–Trinajstić information content (AvgIpc) is 3.07. The van der Waals surface area contributed by atoms with Gasteiger partial charge in [0, 0.05) is 16.0 Å². The van der Waals surface area contributed by atoms with E-state index >= 15 is 0 Å². The lowest BCUT2D eigenvalue weighted by Crippen LogP contribution is -2.13. The molecule has 1 aliphatic carbocycles. The molecule has 1 atom stereocenters. The van der Waals surface area contributed by atoms with E-state index in [4.69, 9.17) is 0 Å². The van der Waals surface area contributed by atoms with E-state index in [-0.39, 0.29) is 5.56 Å². The third-order valence-electron chi connectivity index (χ3n) is 4.17. The van der Waals surface area contributed by atoms with Crippen LogP contribution in [0.5, 0.6) is 0 Å². The molecule has 0 fully saturated rings. The van der Waals surface area contributed by atoms with Crippen LogP contribution in [0.2, 0.25) is 0 Å². The van der Waals surface area contributed by atoms with Gasteiger partial charge in [0.1, 0.15) is 4.83 Å². The lowest BCUT2D eigenvalue weighted by atomic mass is 9.89. The van der Waals surface area contributed by atoms with E-state index in [1.54, 1.807) is 34.4 Å². The molecule has 23 heavy (non-hydrogen) atoms. The highest BCUT2D eigenvalue weighted by atomic mass is 32.2. The van der Waals surface area contributed by atoms with Crippen molar-refractivity contribution in [1.29, 1.82) is 0 Å². The number of aromatic amines is 1. The quantitative estimate of drug-likeness (QED) is 0.560. The molecular weight excluding hydrogens is 346 g/mol. The summed E-state index contributed by atoms with van der Waals surface area (Å²) in [7, 11) is 0. The van der Waals surface area contributed by atoms with Gasteiger partial charge < -0.3 is 4.98 Å². The summed E-state index contributed by atoms with van der Waals surface area (Å²) >= 11 is 4.89. The first-order chi connectivity index (χ1) is 11.1. The van der Waals surface area contributed by atoms with Crippen molar-refractivity contribution < 1.29 is 0 Å². The molecule has 0 saturated heterocycles. The molecule has 0 amide bonds. The molecule has 1 N–H and O–H groups in total. The molecule has 4 rings (SSSR count). The van der Waals surface area contributed by atoms with Gasteiger partial charge in [-0.25, -0.2) is 9.97 Å². The zero-order valence-corrected chi connectivity index (χ0v) is 15.5. The van der Waals surface area contributed by atoms with E-state index in [0.717, 1.165) is 45.9 Å². The van der Waals surface area contributed by atoms with Crippen LogP contribution in [0.15, 0.2) is 15.3 Å². The van der Waals surface area contributed by atoms with E-state index < -0.39 is 0 Å². The molecule has 0 aromatic carbocycles. The Morgan fingerprint density at radius 2 is 2.30 bits per heavy atom. The maximum atomic E-state index is 12.5.